The normalized spacial score (nSPS) is 9.14. The number of hydrogen-bond donors (Lipinski definition) is 3. The van der Waals surface area contributed by atoms with Gasteiger partial charge in [0.25, 0.3) is 5.69 Å². The Bertz CT molecular complexity index is 368. The van der Waals surface area contributed by atoms with Crippen LogP contribution in [-0.2, 0) is 0 Å². The maximum atomic E-state index is 10.4. The fourth-order valence-electron chi connectivity index (χ4n) is 0.831. The molecule has 0 heterocycles. The molecule has 0 radical (unpaired) electrons. The number of benzene rings is 1. The van der Waals surface area contributed by atoms with Gasteiger partial charge in [0.2, 0.25) is 0 Å². The van der Waals surface area contributed by atoms with Gasteiger partial charge in [0.1, 0.15) is 0 Å². The highest BCUT2D eigenvalue weighted by atomic mass is 32.1. The third kappa shape index (κ3) is 2.87. The summed E-state index contributed by atoms with van der Waals surface area (Å²) in [5, 5.41) is 10.5. The van der Waals surface area contributed by atoms with Crippen molar-refractivity contribution in [1.29, 1.82) is 0 Å². The molecule has 4 N–H and O–H groups in total. The molecule has 1 aromatic carbocycles. The molecule has 1 aromatic rings. The van der Waals surface area contributed by atoms with E-state index in [-0.39, 0.29) is 10.8 Å². The van der Waals surface area contributed by atoms with E-state index in [2.05, 4.69) is 23.1 Å². The predicted octanol–water partition coefficient (Wildman–Crippen LogP) is 0.755. The van der Waals surface area contributed by atoms with Crippen molar-refractivity contribution in [1.82, 2.24) is 5.43 Å². The maximum absolute atomic E-state index is 10.4. The van der Waals surface area contributed by atoms with Crippen LogP contribution in [0.25, 0.3) is 0 Å². The second kappa shape index (κ2) is 4.38. The SMILES string of the molecule is NC(=S)NNc1cccc([N+](=O)[O-])c1. The average molecular weight is 212 g/mol. The van der Waals surface area contributed by atoms with Gasteiger partial charge < -0.3 is 5.73 Å². The number of hydrazine groups is 1. The zero-order chi connectivity index (χ0) is 10.6. The second-order valence-corrected chi connectivity index (χ2v) is 2.86. The molecule has 0 bridgehead atoms. The van der Waals surface area contributed by atoms with E-state index >= 15 is 0 Å². The first-order valence-corrected chi connectivity index (χ1v) is 4.06. The number of nitro groups is 1. The number of nitrogens with two attached hydrogens (primary N) is 1. The van der Waals surface area contributed by atoms with Gasteiger partial charge in [-0.05, 0) is 18.3 Å². The second-order valence-electron chi connectivity index (χ2n) is 2.42. The van der Waals surface area contributed by atoms with Crippen LogP contribution in [-0.4, -0.2) is 10.0 Å². The smallest absolute Gasteiger partial charge is 0.271 e. The molecule has 0 aliphatic carbocycles. The molecule has 0 aliphatic heterocycles. The lowest BCUT2D eigenvalue weighted by atomic mass is 10.3. The number of nitrogens with one attached hydrogen (secondary N) is 2. The Labute approximate surface area is 85.2 Å². The maximum Gasteiger partial charge on any atom is 0.271 e. The summed E-state index contributed by atoms with van der Waals surface area (Å²) in [5.41, 5.74) is 10.8. The van der Waals surface area contributed by atoms with Crippen molar-refractivity contribution in [2.75, 3.05) is 5.43 Å². The third-order valence-corrected chi connectivity index (χ3v) is 1.49. The van der Waals surface area contributed by atoms with Crippen molar-refractivity contribution >= 4 is 28.7 Å². The minimum Gasteiger partial charge on any atom is -0.375 e. The van der Waals surface area contributed by atoms with Crippen LogP contribution in [0.2, 0.25) is 0 Å². The van der Waals surface area contributed by atoms with Crippen LogP contribution in [0.1, 0.15) is 0 Å². The van der Waals surface area contributed by atoms with Crippen LogP contribution < -0.4 is 16.6 Å². The summed E-state index contributed by atoms with van der Waals surface area (Å²) in [4.78, 5) is 9.92. The molecule has 0 aromatic heterocycles. The van der Waals surface area contributed by atoms with E-state index in [1.54, 1.807) is 12.1 Å². The molecule has 0 atom stereocenters. The van der Waals surface area contributed by atoms with Gasteiger partial charge in [-0.2, -0.15) is 0 Å². The zero-order valence-electron chi connectivity index (χ0n) is 7.06. The van der Waals surface area contributed by atoms with Gasteiger partial charge in [0, 0.05) is 12.1 Å². The summed E-state index contributed by atoms with van der Waals surface area (Å²) in [6, 6.07) is 5.97. The molecule has 0 saturated heterocycles. The molecule has 6 nitrogen and oxygen atoms in total. The quantitative estimate of drug-likeness (QED) is 0.389. The number of hydrogen-bond acceptors (Lipinski definition) is 4. The first-order valence-electron chi connectivity index (χ1n) is 3.65. The van der Waals surface area contributed by atoms with E-state index in [9.17, 15) is 10.1 Å². The van der Waals surface area contributed by atoms with Crippen LogP contribution >= 0.6 is 12.2 Å². The van der Waals surface area contributed by atoms with Crippen LogP contribution in [0.15, 0.2) is 24.3 Å². The molecule has 0 spiro atoms. The van der Waals surface area contributed by atoms with Crippen molar-refractivity contribution in [3.63, 3.8) is 0 Å². The van der Waals surface area contributed by atoms with Gasteiger partial charge in [-0.25, -0.2) is 0 Å². The standard InChI is InChI=1S/C7H8N4O2S/c8-7(14)10-9-5-2-1-3-6(4-5)11(12)13/h1-4,9H,(H3,8,10,14). The zero-order valence-corrected chi connectivity index (χ0v) is 7.88. The molecule has 1 rings (SSSR count). The Hall–Kier alpha value is -1.89. The molecule has 0 saturated carbocycles. The third-order valence-electron chi connectivity index (χ3n) is 1.39. The molecular formula is C7H8N4O2S. The Morgan fingerprint density at radius 1 is 1.57 bits per heavy atom. The van der Waals surface area contributed by atoms with Crippen LogP contribution in [0, 0.1) is 10.1 Å². The highest BCUT2D eigenvalue weighted by Crippen LogP contribution is 2.15. The summed E-state index contributed by atoms with van der Waals surface area (Å²) in [6.07, 6.45) is 0. The van der Waals surface area contributed by atoms with E-state index in [1.807, 2.05) is 0 Å². The summed E-state index contributed by atoms with van der Waals surface area (Å²) in [5.74, 6) is 0. The summed E-state index contributed by atoms with van der Waals surface area (Å²) in [7, 11) is 0. The molecule has 7 heteroatoms. The Balaban J connectivity index is 2.73. The van der Waals surface area contributed by atoms with E-state index in [0.29, 0.717) is 5.69 Å². The Kier molecular flexibility index (Phi) is 3.19. The first kappa shape index (κ1) is 10.2. The molecule has 0 aliphatic rings. The number of rotatable bonds is 3. The fourth-order valence-corrected chi connectivity index (χ4v) is 0.882. The van der Waals surface area contributed by atoms with Crippen LogP contribution in [0.4, 0.5) is 11.4 Å². The molecular weight excluding hydrogens is 204 g/mol. The fraction of sp³-hybridized carbons (Fsp3) is 0. The lowest BCUT2D eigenvalue weighted by Crippen LogP contribution is -2.33. The number of non-ortho nitro benzene ring substituents is 1. The molecule has 0 amide bonds. The number of nitrogens with zero attached hydrogens (tertiary/aromatic N) is 1. The summed E-state index contributed by atoms with van der Waals surface area (Å²) < 4.78 is 0. The average Bonchev–Trinajstić information content (AvgIpc) is 2.15. The van der Waals surface area contributed by atoms with Crippen molar-refractivity contribution in [3.8, 4) is 0 Å². The van der Waals surface area contributed by atoms with Gasteiger partial charge in [0.05, 0.1) is 10.6 Å². The van der Waals surface area contributed by atoms with Crippen molar-refractivity contribution in [2.45, 2.75) is 0 Å². The van der Waals surface area contributed by atoms with Gasteiger partial charge >= 0.3 is 0 Å². The highest BCUT2D eigenvalue weighted by molar-refractivity contribution is 7.80. The van der Waals surface area contributed by atoms with E-state index in [1.165, 1.54) is 12.1 Å². The van der Waals surface area contributed by atoms with E-state index in [4.69, 9.17) is 5.73 Å². The number of thiocarbonyl (C=S) groups is 1. The monoisotopic (exact) mass is 212 g/mol. The van der Waals surface area contributed by atoms with E-state index in [0.717, 1.165) is 0 Å². The Morgan fingerprint density at radius 2 is 2.29 bits per heavy atom. The minimum atomic E-state index is -0.480. The lowest BCUT2D eigenvalue weighted by molar-refractivity contribution is -0.384. The predicted molar refractivity (Wildman–Crippen MR) is 56.6 cm³/mol. The lowest BCUT2D eigenvalue weighted by Gasteiger charge is -2.06. The highest BCUT2D eigenvalue weighted by Gasteiger charge is 2.04. The summed E-state index contributed by atoms with van der Waals surface area (Å²) >= 11 is 4.55. The van der Waals surface area contributed by atoms with Gasteiger partial charge in [-0.3, -0.25) is 21.0 Å². The van der Waals surface area contributed by atoms with E-state index < -0.39 is 4.92 Å². The Morgan fingerprint density at radius 3 is 2.86 bits per heavy atom. The van der Waals surface area contributed by atoms with Crippen molar-refractivity contribution in [2.24, 2.45) is 5.73 Å². The van der Waals surface area contributed by atoms with Gasteiger partial charge in [0.15, 0.2) is 5.11 Å². The minimum absolute atomic E-state index is 0.000241. The van der Waals surface area contributed by atoms with Gasteiger partial charge in [-0.15, -0.1) is 0 Å². The van der Waals surface area contributed by atoms with Crippen LogP contribution in [0.5, 0.6) is 0 Å². The molecule has 0 fully saturated rings. The molecule has 14 heavy (non-hydrogen) atoms. The number of anilines is 1. The molecule has 74 valence electrons. The van der Waals surface area contributed by atoms with Gasteiger partial charge in [-0.1, -0.05) is 6.07 Å². The number of nitro benzene ring substituents is 1. The molecule has 0 unspecified atom stereocenters. The summed E-state index contributed by atoms with van der Waals surface area (Å²) in [6.45, 7) is 0. The van der Waals surface area contributed by atoms with Crippen molar-refractivity contribution < 1.29 is 4.92 Å². The largest absolute Gasteiger partial charge is 0.375 e. The first-order chi connectivity index (χ1) is 6.59. The van der Waals surface area contributed by atoms with Crippen molar-refractivity contribution in [3.05, 3.63) is 34.4 Å². The van der Waals surface area contributed by atoms with Crippen LogP contribution in [0.3, 0.4) is 0 Å². The topological polar surface area (TPSA) is 93.2 Å².